The molecule has 5 heteroatoms. The summed E-state index contributed by atoms with van der Waals surface area (Å²) in [6.07, 6.45) is 0. The molecule has 4 aromatic rings. The van der Waals surface area contributed by atoms with Gasteiger partial charge in [-0.25, -0.2) is 9.37 Å². The van der Waals surface area contributed by atoms with Gasteiger partial charge >= 0.3 is 0 Å². The molecule has 0 atom stereocenters. The molecule has 21 heavy (non-hydrogen) atoms. The van der Waals surface area contributed by atoms with E-state index in [2.05, 4.69) is 28.6 Å². The fourth-order valence-electron chi connectivity index (χ4n) is 2.58. The summed E-state index contributed by atoms with van der Waals surface area (Å²) in [5, 5.41) is 3.22. The quantitative estimate of drug-likeness (QED) is 0.469. The predicted octanol–water partition coefficient (Wildman–Crippen LogP) is 5.12. The number of thiophene rings is 1. The number of alkyl halides is 1. The van der Waals surface area contributed by atoms with Crippen molar-refractivity contribution in [2.75, 3.05) is 0 Å². The Morgan fingerprint density at radius 3 is 2.95 bits per heavy atom. The van der Waals surface area contributed by atoms with Crippen molar-refractivity contribution in [1.82, 2.24) is 9.55 Å². The van der Waals surface area contributed by atoms with Crippen LogP contribution < -0.4 is 0 Å². The van der Waals surface area contributed by atoms with Gasteiger partial charge in [-0.3, -0.25) is 4.57 Å². The third-order valence-electron chi connectivity index (χ3n) is 3.52. The van der Waals surface area contributed by atoms with Crippen LogP contribution in [0.2, 0.25) is 0 Å². The van der Waals surface area contributed by atoms with Crippen molar-refractivity contribution in [2.45, 2.75) is 5.88 Å². The maximum Gasteiger partial charge on any atom is 0.151 e. The fourth-order valence-corrected chi connectivity index (χ4v) is 3.53. The number of imidazole rings is 1. The third-order valence-corrected chi connectivity index (χ3v) is 4.66. The van der Waals surface area contributed by atoms with Crippen molar-refractivity contribution in [1.29, 1.82) is 0 Å². The van der Waals surface area contributed by atoms with E-state index in [0.29, 0.717) is 11.3 Å². The Kier molecular flexibility index (Phi) is 2.94. The van der Waals surface area contributed by atoms with Gasteiger partial charge in [0.15, 0.2) is 5.82 Å². The number of benzene rings is 2. The van der Waals surface area contributed by atoms with Crippen molar-refractivity contribution >= 4 is 44.1 Å². The smallest absolute Gasteiger partial charge is 0.151 e. The normalized spacial score (nSPS) is 11.5. The molecule has 4 rings (SSSR count). The lowest BCUT2D eigenvalue weighted by Crippen LogP contribution is -1.98. The molecular weight excluding hydrogens is 307 g/mol. The molecular formula is C16H10ClFN2S. The highest BCUT2D eigenvalue weighted by Gasteiger charge is 2.14. The second-order valence-corrected chi connectivity index (χ2v) is 5.96. The van der Waals surface area contributed by atoms with Crippen LogP contribution in [0.15, 0.2) is 47.8 Å². The summed E-state index contributed by atoms with van der Waals surface area (Å²) in [6.45, 7) is 0. The topological polar surface area (TPSA) is 17.8 Å². The number of para-hydroxylation sites is 1. The minimum absolute atomic E-state index is 0.232. The van der Waals surface area contributed by atoms with Gasteiger partial charge in [-0.15, -0.1) is 22.9 Å². The molecule has 0 amide bonds. The zero-order valence-electron chi connectivity index (χ0n) is 10.9. The van der Waals surface area contributed by atoms with Gasteiger partial charge in [0, 0.05) is 10.4 Å². The molecule has 0 aliphatic carbocycles. The molecule has 0 bridgehead atoms. The molecule has 2 aromatic carbocycles. The van der Waals surface area contributed by atoms with E-state index in [9.17, 15) is 4.39 Å². The number of nitrogens with zero attached hydrogens (tertiary/aromatic N) is 2. The van der Waals surface area contributed by atoms with Gasteiger partial charge in [0.05, 0.1) is 11.4 Å². The van der Waals surface area contributed by atoms with Crippen LogP contribution in [-0.4, -0.2) is 9.55 Å². The van der Waals surface area contributed by atoms with Gasteiger partial charge in [0.1, 0.15) is 11.3 Å². The molecule has 0 saturated heterocycles. The minimum Gasteiger partial charge on any atom is -0.295 e. The molecule has 0 N–H and O–H groups in total. The first kappa shape index (κ1) is 12.8. The second kappa shape index (κ2) is 4.83. The number of fused-ring (bicyclic) bond motifs is 2. The predicted molar refractivity (Wildman–Crippen MR) is 86.0 cm³/mol. The number of hydrogen-bond acceptors (Lipinski definition) is 2. The molecule has 0 aliphatic rings. The highest BCUT2D eigenvalue weighted by Crippen LogP contribution is 2.28. The van der Waals surface area contributed by atoms with Crippen LogP contribution in [0.5, 0.6) is 0 Å². The van der Waals surface area contributed by atoms with E-state index < -0.39 is 0 Å². The lowest BCUT2D eigenvalue weighted by Gasteiger charge is -2.08. The Bertz CT molecular complexity index is 957. The van der Waals surface area contributed by atoms with Gasteiger partial charge < -0.3 is 0 Å². The second-order valence-electron chi connectivity index (χ2n) is 4.75. The van der Waals surface area contributed by atoms with Gasteiger partial charge in [-0.1, -0.05) is 6.07 Å². The minimum atomic E-state index is -0.325. The Balaban J connectivity index is 2.06. The number of rotatable bonds is 2. The molecule has 104 valence electrons. The maximum atomic E-state index is 13.9. The van der Waals surface area contributed by atoms with E-state index in [1.807, 2.05) is 16.7 Å². The number of hydrogen-bond donors (Lipinski definition) is 0. The van der Waals surface area contributed by atoms with E-state index in [1.54, 1.807) is 17.4 Å². The van der Waals surface area contributed by atoms with Gasteiger partial charge in [-0.05, 0) is 47.2 Å². The molecule has 0 saturated carbocycles. The van der Waals surface area contributed by atoms with E-state index >= 15 is 0 Å². The Labute approximate surface area is 129 Å². The van der Waals surface area contributed by atoms with Crippen molar-refractivity contribution in [3.63, 3.8) is 0 Å². The van der Waals surface area contributed by atoms with Crippen LogP contribution in [0.25, 0.3) is 26.8 Å². The lowest BCUT2D eigenvalue weighted by molar-refractivity contribution is 0.637. The van der Waals surface area contributed by atoms with Crippen LogP contribution in [-0.2, 0) is 5.88 Å². The van der Waals surface area contributed by atoms with Gasteiger partial charge in [0.25, 0.3) is 0 Å². The molecule has 0 spiro atoms. The summed E-state index contributed by atoms with van der Waals surface area (Å²) in [7, 11) is 0. The summed E-state index contributed by atoms with van der Waals surface area (Å²) >= 11 is 7.70. The highest BCUT2D eigenvalue weighted by atomic mass is 35.5. The van der Waals surface area contributed by atoms with Gasteiger partial charge in [0.2, 0.25) is 0 Å². The van der Waals surface area contributed by atoms with E-state index in [-0.39, 0.29) is 11.7 Å². The van der Waals surface area contributed by atoms with Crippen LogP contribution >= 0.6 is 22.9 Å². The highest BCUT2D eigenvalue weighted by molar-refractivity contribution is 7.17. The number of halogens is 2. The first-order valence-electron chi connectivity index (χ1n) is 6.47. The average Bonchev–Trinajstić information content (AvgIpc) is 3.10. The van der Waals surface area contributed by atoms with Crippen molar-refractivity contribution in [2.24, 2.45) is 0 Å². The summed E-state index contributed by atoms with van der Waals surface area (Å²) in [6, 6.07) is 13.2. The Morgan fingerprint density at radius 1 is 1.19 bits per heavy atom. The van der Waals surface area contributed by atoms with Crippen LogP contribution in [0.4, 0.5) is 4.39 Å². The largest absolute Gasteiger partial charge is 0.295 e. The zero-order valence-corrected chi connectivity index (χ0v) is 12.5. The monoisotopic (exact) mass is 316 g/mol. The summed E-state index contributed by atoms with van der Waals surface area (Å²) < 4.78 is 17.1. The summed E-state index contributed by atoms with van der Waals surface area (Å²) in [5.41, 5.74) is 2.04. The average molecular weight is 317 g/mol. The standard InChI is InChI=1S/C16H10ClFN2S/c17-9-15-19-16-12(18)2-1-3-13(16)20(15)11-4-5-14-10(8-11)6-7-21-14/h1-8H,9H2. The molecule has 0 fully saturated rings. The van der Waals surface area contributed by atoms with E-state index in [4.69, 9.17) is 11.6 Å². The van der Waals surface area contributed by atoms with Crippen molar-refractivity contribution < 1.29 is 4.39 Å². The number of aromatic nitrogens is 2. The summed E-state index contributed by atoms with van der Waals surface area (Å²) in [5.74, 6) is 0.552. The summed E-state index contributed by atoms with van der Waals surface area (Å²) in [4.78, 5) is 4.33. The molecule has 0 radical (unpaired) electrons. The van der Waals surface area contributed by atoms with E-state index in [1.165, 1.54) is 10.8 Å². The van der Waals surface area contributed by atoms with E-state index in [0.717, 1.165) is 16.6 Å². The molecule has 2 aromatic heterocycles. The van der Waals surface area contributed by atoms with Crippen LogP contribution in [0.1, 0.15) is 5.82 Å². The van der Waals surface area contributed by atoms with Crippen molar-refractivity contribution in [3.8, 4) is 5.69 Å². The molecule has 0 unspecified atom stereocenters. The zero-order chi connectivity index (χ0) is 14.4. The molecule has 2 heterocycles. The van der Waals surface area contributed by atoms with Crippen LogP contribution in [0, 0.1) is 5.82 Å². The molecule has 0 aliphatic heterocycles. The Hall–Kier alpha value is -1.91. The molecule has 2 nitrogen and oxygen atoms in total. The fraction of sp³-hybridized carbons (Fsp3) is 0.0625. The van der Waals surface area contributed by atoms with Gasteiger partial charge in [-0.2, -0.15) is 0 Å². The third kappa shape index (κ3) is 1.94. The SMILES string of the molecule is Fc1cccc2c1nc(CCl)n2-c1ccc2sccc2c1. The van der Waals surface area contributed by atoms with Crippen LogP contribution in [0.3, 0.4) is 0 Å². The van der Waals surface area contributed by atoms with Crippen molar-refractivity contribution in [3.05, 3.63) is 59.5 Å². The lowest BCUT2D eigenvalue weighted by atomic mass is 10.2. The Morgan fingerprint density at radius 2 is 2.10 bits per heavy atom. The first-order valence-corrected chi connectivity index (χ1v) is 7.89. The maximum absolute atomic E-state index is 13.9. The first-order chi connectivity index (χ1) is 10.3.